The van der Waals surface area contributed by atoms with Gasteiger partial charge in [0, 0.05) is 18.4 Å². The molecular weight excluding hydrogens is 426 g/mol. The van der Waals surface area contributed by atoms with Gasteiger partial charge in [-0.25, -0.2) is 0 Å². The third-order valence-corrected chi connectivity index (χ3v) is 5.63. The summed E-state index contributed by atoms with van der Waals surface area (Å²) >= 11 is 6.50. The zero-order chi connectivity index (χ0) is 23.7. The van der Waals surface area contributed by atoms with E-state index in [1.807, 2.05) is 44.2 Å². The molecule has 0 amide bonds. The summed E-state index contributed by atoms with van der Waals surface area (Å²) in [5.41, 5.74) is 0.466. The zero-order valence-corrected chi connectivity index (χ0v) is 19.2. The van der Waals surface area contributed by atoms with Crippen molar-refractivity contribution in [1.82, 2.24) is 5.32 Å². The van der Waals surface area contributed by atoms with Crippen LogP contribution >= 0.6 is 11.6 Å². The van der Waals surface area contributed by atoms with Crippen LogP contribution in [0.5, 0.6) is 5.75 Å². The molecule has 0 heterocycles. The lowest BCUT2D eigenvalue weighted by Crippen LogP contribution is -2.60. The van der Waals surface area contributed by atoms with E-state index in [2.05, 4.69) is 11.2 Å². The molecule has 0 aliphatic heterocycles. The number of esters is 1. The van der Waals surface area contributed by atoms with Crippen LogP contribution in [0.25, 0.3) is 0 Å². The van der Waals surface area contributed by atoms with Gasteiger partial charge in [-0.15, -0.1) is 6.42 Å². The molecule has 0 spiro atoms. The molecule has 2 aromatic rings. The minimum atomic E-state index is -1.36. The zero-order valence-electron chi connectivity index (χ0n) is 18.5. The topological polar surface area (TPSA) is 75.6 Å². The summed E-state index contributed by atoms with van der Waals surface area (Å²) in [5.74, 6) is 1.24. The molecule has 0 aromatic heterocycles. The van der Waals surface area contributed by atoms with E-state index < -0.39 is 23.5 Å². The lowest BCUT2D eigenvalue weighted by atomic mass is 9.80. The summed E-state index contributed by atoms with van der Waals surface area (Å²) in [6.07, 6.45) is 8.28. The van der Waals surface area contributed by atoms with Crippen LogP contribution in [0.4, 0.5) is 0 Å². The van der Waals surface area contributed by atoms with Crippen molar-refractivity contribution in [3.8, 4) is 18.1 Å². The summed E-state index contributed by atoms with van der Waals surface area (Å²) in [4.78, 5) is 23.6. The molecule has 2 atom stereocenters. The maximum atomic E-state index is 12.5. The second-order valence-corrected chi connectivity index (χ2v) is 8.30. The SMILES string of the molecule is C#CC(N[C@@](Cc1ccc(OC(C)=O)cc1)(C(=O)O)C(C)C)C(Cl)=CCc1ccccc1. The number of allylic oxidation sites excluding steroid dienone is 1. The standard InChI is InChI=1S/C26H28ClNO4/c1-5-24(23(27)16-13-20-9-7-6-8-10-20)28-26(18(2)3,25(30)31)17-21-11-14-22(15-12-21)32-19(4)29/h1,6-12,14-16,18,24,28H,13,17H2,2-4H3,(H,30,31)/t24?,26-/m1/s1. The largest absolute Gasteiger partial charge is 0.480 e. The van der Waals surface area contributed by atoms with E-state index in [9.17, 15) is 14.7 Å². The normalized spacial score (nSPS) is 14.3. The molecule has 1 unspecified atom stereocenters. The Balaban J connectivity index is 2.27. The van der Waals surface area contributed by atoms with Crippen molar-refractivity contribution in [3.05, 3.63) is 76.8 Å². The summed E-state index contributed by atoms with van der Waals surface area (Å²) in [7, 11) is 0. The molecule has 32 heavy (non-hydrogen) atoms. The number of hydrogen-bond acceptors (Lipinski definition) is 4. The molecule has 2 N–H and O–H groups in total. The van der Waals surface area contributed by atoms with Gasteiger partial charge in [0.2, 0.25) is 0 Å². The molecule has 5 nitrogen and oxygen atoms in total. The molecule has 0 radical (unpaired) electrons. The molecule has 2 aromatic carbocycles. The van der Waals surface area contributed by atoms with Gasteiger partial charge < -0.3 is 9.84 Å². The van der Waals surface area contributed by atoms with Crippen LogP contribution in [0.15, 0.2) is 65.7 Å². The average molecular weight is 454 g/mol. The number of aliphatic carboxylic acids is 1. The van der Waals surface area contributed by atoms with Crippen molar-refractivity contribution in [1.29, 1.82) is 0 Å². The fourth-order valence-corrected chi connectivity index (χ4v) is 3.56. The quantitative estimate of drug-likeness (QED) is 0.312. The average Bonchev–Trinajstić information content (AvgIpc) is 2.76. The van der Waals surface area contributed by atoms with Crippen molar-refractivity contribution >= 4 is 23.5 Å². The van der Waals surface area contributed by atoms with Crippen LogP contribution in [0.3, 0.4) is 0 Å². The molecule has 0 fully saturated rings. The van der Waals surface area contributed by atoms with Crippen molar-refractivity contribution in [3.63, 3.8) is 0 Å². The van der Waals surface area contributed by atoms with E-state index >= 15 is 0 Å². The fraction of sp³-hybridized carbons (Fsp3) is 0.308. The number of carboxylic acids is 1. The minimum absolute atomic E-state index is 0.168. The Morgan fingerprint density at radius 3 is 2.28 bits per heavy atom. The number of benzene rings is 2. The first-order chi connectivity index (χ1) is 15.2. The number of terminal acetylenes is 1. The van der Waals surface area contributed by atoms with Crippen LogP contribution in [-0.2, 0) is 22.4 Å². The van der Waals surface area contributed by atoms with Gasteiger partial charge in [0.05, 0.1) is 0 Å². The second-order valence-electron chi connectivity index (χ2n) is 7.87. The van der Waals surface area contributed by atoms with Crippen LogP contribution in [0.2, 0.25) is 0 Å². The van der Waals surface area contributed by atoms with E-state index in [0.29, 0.717) is 17.2 Å². The third kappa shape index (κ3) is 6.71. The highest BCUT2D eigenvalue weighted by atomic mass is 35.5. The maximum absolute atomic E-state index is 12.5. The van der Waals surface area contributed by atoms with Crippen molar-refractivity contribution in [2.24, 2.45) is 5.92 Å². The Hall–Kier alpha value is -3.07. The number of carbonyl (C=O) groups excluding carboxylic acids is 1. The summed E-state index contributed by atoms with van der Waals surface area (Å²) < 4.78 is 5.05. The smallest absolute Gasteiger partial charge is 0.324 e. The number of rotatable bonds is 10. The number of nitrogens with one attached hydrogen (secondary N) is 1. The molecule has 0 saturated carbocycles. The van der Waals surface area contributed by atoms with E-state index in [4.69, 9.17) is 22.8 Å². The van der Waals surface area contributed by atoms with Crippen LogP contribution in [0.1, 0.15) is 31.9 Å². The van der Waals surface area contributed by atoms with Crippen LogP contribution in [0, 0.1) is 18.3 Å². The van der Waals surface area contributed by atoms with Gasteiger partial charge >= 0.3 is 11.9 Å². The van der Waals surface area contributed by atoms with E-state index in [1.54, 1.807) is 30.3 Å². The Labute approximate surface area is 194 Å². The van der Waals surface area contributed by atoms with Crippen molar-refractivity contribution < 1.29 is 19.4 Å². The molecule has 6 heteroatoms. The number of carbonyl (C=O) groups is 2. The first-order valence-electron chi connectivity index (χ1n) is 10.3. The molecule has 2 rings (SSSR count). The van der Waals surface area contributed by atoms with Gasteiger partial charge in [-0.2, -0.15) is 0 Å². The Morgan fingerprint density at radius 1 is 1.16 bits per heavy atom. The third-order valence-electron chi connectivity index (χ3n) is 5.26. The van der Waals surface area contributed by atoms with Gasteiger partial charge in [-0.05, 0) is 35.6 Å². The molecule has 0 aliphatic rings. The molecule has 168 valence electrons. The van der Waals surface area contributed by atoms with Gasteiger partial charge in [-0.3, -0.25) is 14.9 Å². The summed E-state index contributed by atoms with van der Waals surface area (Å²) in [5, 5.41) is 13.7. The van der Waals surface area contributed by atoms with E-state index in [1.165, 1.54) is 6.92 Å². The van der Waals surface area contributed by atoms with Gasteiger partial charge in [-0.1, -0.05) is 79.9 Å². The predicted octanol–water partition coefficient (Wildman–Crippen LogP) is 4.59. The molecule has 0 aliphatic carbocycles. The first kappa shape index (κ1) is 25.2. The van der Waals surface area contributed by atoms with Crippen LogP contribution in [-0.4, -0.2) is 28.6 Å². The van der Waals surface area contributed by atoms with Crippen molar-refractivity contribution in [2.75, 3.05) is 0 Å². The second kappa shape index (κ2) is 11.5. The van der Waals surface area contributed by atoms with Gasteiger partial charge in [0.1, 0.15) is 17.3 Å². The molecular formula is C26H28ClNO4. The maximum Gasteiger partial charge on any atom is 0.324 e. The predicted molar refractivity (Wildman–Crippen MR) is 126 cm³/mol. The highest BCUT2D eigenvalue weighted by Gasteiger charge is 2.43. The lowest BCUT2D eigenvalue weighted by Gasteiger charge is -2.37. The molecule has 0 bridgehead atoms. The fourth-order valence-electron chi connectivity index (χ4n) is 3.36. The van der Waals surface area contributed by atoms with E-state index in [-0.39, 0.29) is 12.3 Å². The van der Waals surface area contributed by atoms with E-state index in [0.717, 1.165) is 11.1 Å². The monoisotopic (exact) mass is 453 g/mol. The first-order valence-corrected chi connectivity index (χ1v) is 10.7. The lowest BCUT2D eigenvalue weighted by molar-refractivity contribution is -0.147. The summed E-state index contributed by atoms with van der Waals surface area (Å²) in [6, 6.07) is 15.7. The van der Waals surface area contributed by atoms with Crippen LogP contribution < -0.4 is 10.1 Å². The number of ether oxygens (including phenoxy) is 1. The molecule has 0 saturated heterocycles. The highest BCUT2D eigenvalue weighted by molar-refractivity contribution is 6.30. The van der Waals surface area contributed by atoms with Crippen molar-refractivity contribution in [2.45, 2.75) is 45.2 Å². The Kier molecular flexibility index (Phi) is 9.07. The Bertz CT molecular complexity index is 993. The highest BCUT2D eigenvalue weighted by Crippen LogP contribution is 2.27. The van der Waals surface area contributed by atoms with Gasteiger partial charge in [0.25, 0.3) is 0 Å². The van der Waals surface area contributed by atoms with Gasteiger partial charge in [0.15, 0.2) is 0 Å². The number of hydrogen-bond donors (Lipinski definition) is 2. The number of carboxylic acid groups (broad SMARTS) is 1. The Morgan fingerprint density at radius 2 is 1.78 bits per heavy atom. The number of halogens is 1. The summed E-state index contributed by atoms with van der Waals surface area (Å²) in [6.45, 7) is 4.97. The minimum Gasteiger partial charge on any atom is -0.480 e.